The Labute approximate surface area is 137 Å². The van der Waals surface area contributed by atoms with Gasteiger partial charge in [-0.05, 0) is 24.6 Å². The Hall–Kier alpha value is -3.48. The molecule has 4 rings (SSSR count). The maximum Gasteiger partial charge on any atom is 0.265 e. The molecular formula is C17H14N6O. The van der Waals surface area contributed by atoms with Crippen molar-refractivity contribution < 1.29 is 5.11 Å². The number of aromatic amines is 1. The van der Waals surface area contributed by atoms with Crippen LogP contribution in [-0.4, -0.2) is 31.5 Å². The number of H-pyrrole nitrogens is 1. The number of hydrogen-bond acceptors (Lipinski definition) is 6. The second-order valence-corrected chi connectivity index (χ2v) is 5.38. The van der Waals surface area contributed by atoms with E-state index in [4.69, 9.17) is 0 Å². The highest BCUT2D eigenvalue weighted by molar-refractivity contribution is 6.04. The highest BCUT2D eigenvalue weighted by Gasteiger charge is 2.09. The molecule has 0 saturated heterocycles. The van der Waals surface area contributed by atoms with Crippen LogP contribution in [0.5, 0.6) is 5.75 Å². The molecule has 0 atom stereocenters. The number of phenols is 1. The summed E-state index contributed by atoms with van der Waals surface area (Å²) in [6, 6.07) is 12.9. The van der Waals surface area contributed by atoms with Crippen LogP contribution in [0.25, 0.3) is 22.1 Å². The lowest BCUT2D eigenvalue weighted by Crippen LogP contribution is -1.99. The molecule has 4 aromatic rings. The highest BCUT2D eigenvalue weighted by Crippen LogP contribution is 2.24. The number of fused-ring (bicyclic) bond motifs is 3. The van der Waals surface area contributed by atoms with E-state index in [1.807, 2.05) is 31.2 Å². The van der Waals surface area contributed by atoms with E-state index in [1.54, 1.807) is 18.2 Å². The third-order valence-electron chi connectivity index (χ3n) is 3.76. The van der Waals surface area contributed by atoms with Crippen molar-refractivity contribution in [1.82, 2.24) is 20.2 Å². The maximum atomic E-state index is 9.69. The van der Waals surface area contributed by atoms with Gasteiger partial charge in [0.2, 0.25) is 0 Å². The summed E-state index contributed by atoms with van der Waals surface area (Å²) >= 11 is 0. The molecule has 0 aliphatic rings. The molecule has 7 heteroatoms. The molecule has 7 nitrogen and oxygen atoms in total. The number of nitrogens with one attached hydrogen (secondary N) is 2. The van der Waals surface area contributed by atoms with Crippen LogP contribution in [0.1, 0.15) is 11.1 Å². The Morgan fingerprint density at radius 3 is 2.88 bits per heavy atom. The fraction of sp³-hybridized carbons (Fsp3) is 0.0588. The van der Waals surface area contributed by atoms with E-state index in [9.17, 15) is 5.11 Å². The van der Waals surface area contributed by atoms with Gasteiger partial charge in [-0.3, -0.25) is 0 Å². The van der Waals surface area contributed by atoms with E-state index in [0.717, 1.165) is 22.0 Å². The molecule has 0 aliphatic carbocycles. The first kappa shape index (κ1) is 14.1. The van der Waals surface area contributed by atoms with Crippen LogP contribution in [0.2, 0.25) is 0 Å². The van der Waals surface area contributed by atoms with Gasteiger partial charge in [0.25, 0.3) is 5.95 Å². The van der Waals surface area contributed by atoms with Crippen LogP contribution in [0.3, 0.4) is 0 Å². The van der Waals surface area contributed by atoms with Crippen molar-refractivity contribution in [2.24, 2.45) is 5.10 Å². The number of phenolic OH excluding ortho intramolecular Hbond substituents is 1. The van der Waals surface area contributed by atoms with Crippen LogP contribution in [0, 0.1) is 6.92 Å². The van der Waals surface area contributed by atoms with Crippen molar-refractivity contribution in [3.8, 4) is 5.75 Å². The fourth-order valence-electron chi connectivity index (χ4n) is 2.55. The number of hydrogen-bond donors (Lipinski definition) is 3. The van der Waals surface area contributed by atoms with Gasteiger partial charge >= 0.3 is 0 Å². The van der Waals surface area contributed by atoms with Crippen LogP contribution in [0.15, 0.2) is 47.6 Å². The molecule has 0 radical (unpaired) electrons. The van der Waals surface area contributed by atoms with Crippen molar-refractivity contribution in [1.29, 1.82) is 0 Å². The largest absolute Gasteiger partial charge is 0.507 e. The zero-order chi connectivity index (χ0) is 16.5. The van der Waals surface area contributed by atoms with Gasteiger partial charge in [0, 0.05) is 10.9 Å². The number of rotatable bonds is 3. The van der Waals surface area contributed by atoms with Gasteiger partial charge in [-0.1, -0.05) is 30.3 Å². The van der Waals surface area contributed by atoms with Gasteiger partial charge in [0.15, 0.2) is 5.65 Å². The molecule has 0 bridgehead atoms. The van der Waals surface area contributed by atoms with Gasteiger partial charge < -0.3 is 10.1 Å². The molecule has 2 heterocycles. The van der Waals surface area contributed by atoms with Gasteiger partial charge in [0.05, 0.1) is 11.7 Å². The van der Waals surface area contributed by atoms with Crippen molar-refractivity contribution >= 4 is 34.2 Å². The monoisotopic (exact) mass is 318 g/mol. The summed E-state index contributed by atoms with van der Waals surface area (Å²) in [6.45, 7) is 2.03. The fourth-order valence-corrected chi connectivity index (χ4v) is 2.55. The summed E-state index contributed by atoms with van der Waals surface area (Å²) in [6.07, 6.45) is 1.50. The van der Waals surface area contributed by atoms with Gasteiger partial charge in [0.1, 0.15) is 11.3 Å². The van der Waals surface area contributed by atoms with E-state index >= 15 is 0 Å². The van der Waals surface area contributed by atoms with Crippen LogP contribution >= 0.6 is 0 Å². The van der Waals surface area contributed by atoms with E-state index < -0.39 is 0 Å². The Bertz CT molecular complexity index is 1070. The smallest absolute Gasteiger partial charge is 0.265 e. The van der Waals surface area contributed by atoms with Gasteiger partial charge in [-0.15, -0.1) is 10.2 Å². The standard InChI is InChI=1S/C17H14N6O/c1-10-5-4-7-12-14(10)19-16-15(12)21-23-17(20-16)22-18-9-11-6-2-3-8-13(11)24/h2-9,24H,1H3,(H2,19,20,22,23). The number of aromatic hydroxyl groups is 1. The molecule has 2 aromatic heterocycles. The minimum atomic E-state index is 0.156. The minimum Gasteiger partial charge on any atom is -0.507 e. The summed E-state index contributed by atoms with van der Waals surface area (Å²) < 4.78 is 0. The zero-order valence-corrected chi connectivity index (χ0v) is 12.9. The van der Waals surface area contributed by atoms with Gasteiger partial charge in [-0.25, -0.2) is 5.43 Å². The van der Waals surface area contributed by atoms with E-state index in [0.29, 0.717) is 11.2 Å². The number of hydrazone groups is 1. The summed E-state index contributed by atoms with van der Waals surface area (Å²) in [4.78, 5) is 7.65. The maximum absolute atomic E-state index is 9.69. The predicted octanol–water partition coefficient (Wildman–Crippen LogP) is 2.97. The Morgan fingerprint density at radius 1 is 1.12 bits per heavy atom. The van der Waals surface area contributed by atoms with Crippen molar-refractivity contribution in [3.63, 3.8) is 0 Å². The third-order valence-corrected chi connectivity index (χ3v) is 3.76. The van der Waals surface area contributed by atoms with Crippen molar-refractivity contribution in [2.75, 3.05) is 5.43 Å². The SMILES string of the molecule is Cc1cccc2c1[nH]c1nc(NN=Cc3ccccc3O)nnc12. The molecule has 2 aromatic carbocycles. The zero-order valence-electron chi connectivity index (χ0n) is 12.9. The molecule has 118 valence electrons. The number of benzene rings is 2. The number of aryl methyl sites for hydroxylation is 1. The van der Waals surface area contributed by atoms with E-state index in [-0.39, 0.29) is 11.7 Å². The molecule has 3 N–H and O–H groups in total. The molecule has 0 saturated carbocycles. The number of para-hydroxylation sites is 2. The lowest BCUT2D eigenvalue weighted by atomic mass is 10.1. The first-order chi connectivity index (χ1) is 11.7. The normalized spacial score (nSPS) is 11.5. The van der Waals surface area contributed by atoms with E-state index in [1.165, 1.54) is 6.21 Å². The topological polar surface area (TPSA) is 99.1 Å². The summed E-state index contributed by atoms with van der Waals surface area (Å²) in [5, 5.41) is 23.0. The number of anilines is 1. The lowest BCUT2D eigenvalue weighted by Gasteiger charge is -1.98. The first-order valence-electron chi connectivity index (χ1n) is 7.41. The quantitative estimate of drug-likeness (QED) is 0.398. The predicted molar refractivity (Wildman–Crippen MR) is 93.3 cm³/mol. The Kier molecular flexibility index (Phi) is 3.31. The second-order valence-electron chi connectivity index (χ2n) is 5.38. The molecule has 0 fully saturated rings. The second kappa shape index (κ2) is 5.62. The number of nitrogens with zero attached hydrogens (tertiary/aromatic N) is 4. The number of aromatic nitrogens is 4. The summed E-state index contributed by atoms with van der Waals surface area (Å²) in [5.41, 5.74) is 6.82. The summed E-state index contributed by atoms with van der Waals surface area (Å²) in [7, 11) is 0. The third kappa shape index (κ3) is 2.41. The molecule has 0 unspecified atom stereocenters. The van der Waals surface area contributed by atoms with Crippen molar-refractivity contribution in [2.45, 2.75) is 6.92 Å². The molecular weight excluding hydrogens is 304 g/mol. The van der Waals surface area contributed by atoms with Crippen LogP contribution < -0.4 is 5.43 Å². The van der Waals surface area contributed by atoms with Gasteiger partial charge in [-0.2, -0.15) is 10.1 Å². The molecule has 0 aliphatic heterocycles. The average Bonchev–Trinajstić information content (AvgIpc) is 2.96. The Balaban J connectivity index is 1.65. The average molecular weight is 318 g/mol. The van der Waals surface area contributed by atoms with E-state index in [2.05, 4.69) is 30.7 Å². The first-order valence-corrected chi connectivity index (χ1v) is 7.41. The van der Waals surface area contributed by atoms with Crippen LogP contribution in [-0.2, 0) is 0 Å². The minimum absolute atomic E-state index is 0.156. The Morgan fingerprint density at radius 2 is 2.00 bits per heavy atom. The lowest BCUT2D eigenvalue weighted by molar-refractivity contribution is 0.474. The van der Waals surface area contributed by atoms with Crippen molar-refractivity contribution in [3.05, 3.63) is 53.6 Å². The highest BCUT2D eigenvalue weighted by atomic mass is 16.3. The molecule has 0 spiro atoms. The summed E-state index contributed by atoms with van der Waals surface area (Å²) in [5.74, 6) is 0.432. The molecule has 0 amide bonds. The van der Waals surface area contributed by atoms with Crippen LogP contribution in [0.4, 0.5) is 5.95 Å². The molecule has 24 heavy (non-hydrogen) atoms.